The van der Waals surface area contributed by atoms with E-state index in [0.717, 1.165) is 35.2 Å². The van der Waals surface area contributed by atoms with E-state index < -0.39 is 85.1 Å². The summed E-state index contributed by atoms with van der Waals surface area (Å²) in [7, 11) is -4.65. The van der Waals surface area contributed by atoms with Crippen LogP contribution in [0, 0.1) is 11.7 Å². The van der Waals surface area contributed by atoms with Crippen LogP contribution in [0.2, 0.25) is 0 Å². The number of piperidine rings is 1. The molecule has 0 spiro atoms. The molecule has 2 fully saturated rings. The van der Waals surface area contributed by atoms with Crippen LogP contribution in [0.1, 0.15) is 59.8 Å². The van der Waals surface area contributed by atoms with Gasteiger partial charge in [0.25, 0.3) is 5.91 Å². The van der Waals surface area contributed by atoms with Gasteiger partial charge >= 0.3 is 18.0 Å². The van der Waals surface area contributed by atoms with Crippen LogP contribution < -0.4 is 5.32 Å². The second-order valence-electron chi connectivity index (χ2n) is 12.0. The van der Waals surface area contributed by atoms with E-state index in [2.05, 4.69) is 5.32 Å². The first-order chi connectivity index (χ1) is 22.4. The van der Waals surface area contributed by atoms with E-state index in [4.69, 9.17) is 4.11 Å². The van der Waals surface area contributed by atoms with Gasteiger partial charge in [-0.05, 0) is 61.1 Å². The molecule has 1 aliphatic heterocycles. The second-order valence-corrected chi connectivity index (χ2v) is 14.2. The van der Waals surface area contributed by atoms with Gasteiger partial charge in [0.05, 0.1) is 4.90 Å². The maximum Gasteiger partial charge on any atom is 0.435 e. The lowest BCUT2D eigenvalue weighted by atomic mass is 9.73. The molecular weight excluding hydrogens is 652 g/mol. The van der Waals surface area contributed by atoms with Gasteiger partial charge in [-0.3, -0.25) is 9.59 Å². The van der Waals surface area contributed by atoms with Gasteiger partial charge in [0.1, 0.15) is 16.2 Å². The molecule has 0 unspecified atom stereocenters. The van der Waals surface area contributed by atoms with Crippen LogP contribution in [0.15, 0.2) is 47.4 Å². The third kappa shape index (κ3) is 5.15. The average Bonchev–Trinajstić information content (AvgIpc) is 3.39. The zero-order valence-electron chi connectivity index (χ0n) is 26.8. The smallest absolute Gasteiger partial charge is 0.380 e. The highest BCUT2D eigenvalue weighted by molar-refractivity contribution is 7.92. The van der Waals surface area contributed by atoms with Crippen LogP contribution in [-0.4, -0.2) is 67.3 Å². The SMILES string of the molecule is [2H]C([2H])([2H])C(=O)N1CCC(O)(C(=O)N[C@@H]2CC[C@@]3(S(=O)(=O)c4ccc(F)cc4)c4ccc(C(F)(C(F)(F)F)C(F)(F)F)cc4CC[C@@H]23)CC1. The zero-order chi connectivity index (χ0) is 36.6. The van der Waals surface area contributed by atoms with Crippen molar-refractivity contribution in [2.75, 3.05) is 13.1 Å². The molecule has 46 heavy (non-hydrogen) atoms. The first-order valence-corrected chi connectivity index (χ1v) is 15.7. The minimum atomic E-state index is -6.41. The first kappa shape index (κ1) is 30.1. The predicted octanol–water partition coefficient (Wildman–Crippen LogP) is 5.00. The normalized spacial score (nSPS) is 26.3. The summed E-state index contributed by atoms with van der Waals surface area (Å²) in [6.45, 7) is -3.50. The van der Waals surface area contributed by atoms with Crippen molar-refractivity contribution in [3.8, 4) is 0 Å². The van der Waals surface area contributed by atoms with Gasteiger partial charge in [-0.25, -0.2) is 17.2 Å². The number of aliphatic hydroxyl groups is 1. The third-order valence-corrected chi connectivity index (χ3v) is 12.2. The number of hydrogen-bond donors (Lipinski definition) is 2. The largest absolute Gasteiger partial charge is 0.435 e. The molecule has 7 nitrogen and oxygen atoms in total. The standard InChI is InChI=1S/C30H30F8N2O5S/c1-17(41)40-14-12-26(43,13-15-40)25(42)39-24-10-11-27(46(44,45)21-6-4-20(31)5-7-21)22-9-3-19(16-18(22)2-8-23(24)27)28(32,29(33,34)35)30(36,37)38/h3-7,9,16,23-24,43H,2,8,10-15H2,1H3,(H,39,42)/t23-,24+,27+/m0/s1/i1D3. The van der Waals surface area contributed by atoms with Crippen molar-refractivity contribution >= 4 is 21.7 Å². The van der Waals surface area contributed by atoms with Crippen LogP contribution >= 0.6 is 0 Å². The van der Waals surface area contributed by atoms with E-state index in [1.165, 1.54) is 0 Å². The van der Waals surface area contributed by atoms with E-state index in [1.54, 1.807) is 0 Å². The van der Waals surface area contributed by atoms with Gasteiger partial charge in [0.2, 0.25) is 5.91 Å². The molecule has 3 aliphatic rings. The number of carbonyl (C=O) groups excluding carboxylic acids is 2. The summed E-state index contributed by atoms with van der Waals surface area (Å²) in [6.07, 6.45) is -14.4. The molecule has 3 atom stereocenters. The Morgan fingerprint density at radius 1 is 0.957 bits per heavy atom. The minimum absolute atomic E-state index is 0.0874. The third-order valence-electron chi connectivity index (χ3n) is 9.60. The average molecular weight is 686 g/mol. The predicted molar refractivity (Wildman–Crippen MR) is 146 cm³/mol. The Balaban J connectivity index is 1.53. The molecule has 0 radical (unpaired) electrons. The van der Waals surface area contributed by atoms with Crippen LogP contribution in [0.4, 0.5) is 35.1 Å². The fourth-order valence-corrected chi connectivity index (χ4v) is 9.63. The number of aryl methyl sites for hydroxylation is 1. The number of hydrogen-bond acceptors (Lipinski definition) is 5. The number of rotatable bonds is 5. The molecule has 16 heteroatoms. The van der Waals surface area contributed by atoms with E-state index in [-0.39, 0.29) is 68.8 Å². The zero-order valence-corrected chi connectivity index (χ0v) is 24.6. The number of benzene rings is 2. The van der Waals surface area contributed by atoms with Gasteiger partial charge in [-0.15, -0.1) is 0 Å². The van der Waals surface area contributed by atoms with Crippen LogP contribution in [0.25, 0.3) is 0 Å². The van der Waals surface area contributed by atoms with Gasteiger partial charge in [-0.1, -0.05) is 18.2 Å². The summed E-state index contributed by atoms with van der Waals surface area (Å²) >= 11 is 0. The second kappa shape index (κ2) is 11.2. The molecule has 5 rings (SSSR count). The molecule has 2 amide bonds. The highest BCUT2D eigenvalue weighted by atomic mass is 32.2. The number of carbonyl (C=O) groups is 2. The lowest BCUT2D eigenvalue weighted by molar-refractivity contribution is -0.348. The highest BCUT2D eigenvalue weighted by Gasteiger charge is 2.74. The van der Waals surface area contributed by atoms with Gasteiger partial charge in [-0.2, -0.15) is 26.3 Å². The number of alkyl halides is 7. The maximum absolute atomic E-state index is 15.0. The van der Waals surface area contributed by atoms with Gasteiger partial charge in [0, 0.05) is 54.4 Å². The first-order valence-electron chi connectivity index (χ1n) is 15.7. The Labute approximate surface area is 263 Å². The number of fused-ring (bicyclic) bond motifs is 3. The topological polar surface area (TPSA) is 104 Å². The highest BCUT2D eigenvalue weighted by Crippen LogP contribution is 2.59. The van der Waals surface area contributed by atoms with E-state index in [0.29, 0.717) is 6.07 Å². The van der Waals surface area contributed by atoms with Crippen molar-refractivity contribution < 1.29 is 62.3 Å². The number of likely N-dealkylation sites (tertiary alicyclic amines) is 1. The summed E-state index contributed by atoms with van der Waals surface area (Å²) in [5, 5.41) is 13.8. The van der Waals surface area contributed by atoms with Crippen molar-refractivity contribution in [3.05, 3.63) is 65.0 Å². The number of sulfone groups is 1. The monoisotopic (exact) mass is 685 g/mol. The molecule has 1 heterocycles. The fraction of sp³-hybridized carbons (Fsp3) is 0.533. The lowest BCUT2D eigenvalue weighted by Gasteiger charge is -2.43. The van der Waals surface area contributed by atoms with Crippen molar-refractivity contribution in [1.82, 2.24) is 10.2 Å². The van der Waals surface area contributed by atoms with Crippen molar-refractivity contribution in [3.63, 3.8) is 0 Å². The summed E-state index contributed by atoms with van der Waals surface area (Å²) < 4.78 is 159. The summed E-state index contributed by atoms with van der Waals surface area (Å²) in [5.41, 5.74) is -10.1. The Bertz CT molecular complexity index is 1730. The molecular formula is C30H30F8N2O5S. The lowest BCUT2D eigenvalue weighted by Crippen LogP contribution is -2.58. The fourth-order valence-electron chi connectivity index (χ4n) is 7.16. The summed E-state index contributed by atoms with van der Waals surface area (Å²) in [6, 6.07) is 3.91. The molecule has 0 aromatic heterocycles. The Hall–Kier alpha value is -3.27. The maximum atomic E-state index is 15.0. The van der Waals surface area contributed by atoms with E-state index in [9.17, 15) is 53.8 Å². The van der Waals surface area contributed by atoms with Gasteiger partial charge < -0.3 is 15.3 Å². The van der Waals surface area contributed by atoms with Crippen molar-refractivity contribution in [1.29, 1.82) is 0 Å². The quantitative estimate of drug-likeness (QED) is 0.341. The van der Waals surface area contributed by atoms with Crippen LogP contribution in [0.5, 0.6) is 0 Å². The Morgan fingerprint density at radius 2 is 1.57 bits per heavy atom. The number of halogens is 8. The van der Waals surface area contributed by atoms with Crippen LogP contribution in [0.3, 0.4) is 0 Å². The van der Waals surface area contributed by atoms with Gasteiger partial charge in [0.15, 0.2) is 9.84 Å². The summed E-state index contributed by atoms with van der Waals surface area (Å²) in [5.74, 6) is -3.98. The molecule has 2 aliphatic carbocycles. The number of amides is 2. The number of nitrogens with one attached hydrogen (secondary N) is 1. The van der Waals surface area contributed by atoms with E-state index >= 15 is 4.39 Å². The van der Waals surface area contributed by atoms with Crippen molar-refractivity contribution in [2.24, 2.45) is 5.92 Å². The molecule has 2 N–H and O–H groups in total. The Kier molecular flexibility index (Phi) is 7.31. The van der Waals surface area contributed by atoms with Crippen molar-refractivity contribution in [2.45, 2.75) is 84.7 Å². The number of nitrogens with zero attached hydrogens (tertiary/aromatic N) is 1. The molecule has 1 saturated heterocycles. The summed E-state index contributed by atoms with van der Waals surface area (Å²) in [4.78, 5) is 26.2. The molecule has 252 valence electrons. The van der Waals surface area contributed by atoms with E-state index in [1.807, 2.05) is 0 Å². The minimum Gasteiger partial charge on any atom is -0.380 e. The van der Waals surface area contributed by atoms with Crippen LogP contribution in [-0.2, 0) is 36.3 Å². The molecule has 1 saturated carbocycles. The molecule has 0 bridgehead atoms. The Morgan fingerprint density at radius 3 is 2.13 bits per heavy atom. The molecule has 2 aromatic rings. The molecule has 2 aromatic carbocycles.